The highest BCUT2D eigenvalue weighted by atomic mass is 32.1. The molecule has 0 spiro atoms. The maximum atomic E-state index is 6.14. The van der Waals surface area contributed by atoms with Crippen LogP contribution < -0.4 is 5.73 Å². The number of nitrogens with two attached hydrogens (primary N) is 1. The molecule has 2 rings (SSSR count). The normalized spacial score (nSPS) is 24.7. The molecule has 1 aromatic rings. The van der Waals surface area contributed by atoms with Crippen molar-refractivity contribution in [2.45, 2.75) is 44.8 Å². The summed E-state index contributed by atoms with van der Waals surface area (Å²) in [4.78, 5) is 0. The van der Waals surface area contributed by atoms with E-state index in [0.717, 1.165) is 5.56 Å². The van der Waals surface area contributed by atoms with E-state index in [0.29, 0.717) is 0 Å². The van der Waals surface area contributed by atoms with Gasteiger partial charge in [0.15, 0.2) is 0 Å². The van der Waals surface area contributed by atoms with E-state index in [1.807, 2.05) is 44.5 Å². The molecule has 88 valence electrons. The number of thiophene rings is 1. The van der Waals surface area contributed by atoms with Gasteiger partial charge in [0, 0.05) is 0 Å². The lowest BCUT2D eigenvalue weighted by molar-refractivity contribution is 0.00578. The van der Waals surface area contributed by atoms with Gasteiger partial charge in [-0.15, -0.1) is 0 Å². The standard InChI is InChI=1S/C11H18BNO2S/c1-10(2)11(3,4)15-12(14-10)9(13)8-5-6-16-7-8/h5-7,9H,13H2,1-4H3/t9-/m1/s1. The van der Waals surface area contributed by atoms with Gasteiger partial charge in [0.25, 0.3) is 0 Å². The zero-order valence-corrected chi connectivity index (χ0v) is 11.0. The van der Waals surface area contributed by atoms with Crippen molar-refractivity contribution in [3.05, 3.63) is 22.4 Å². The third-order valence-electron chi connectivity index (χ3n) is 3.49. The maximum absolute atomic E-state index is 6.14. The van der Waals surface area contributed by atoms with Crippen LogP contribution in [0.1, 0.15) is 39.2 Å². The lowest BCUT2D eigenvalue weighted by Gasteiger charge is -2.32. The molecule has 5 heteroatoms. The van der Waals surface area contributed by atoms with E-state index in [-0.39, 0.29) is 24.3 Å². The van der Waals surface area contributed by atoms with Crippen LogP contribution in [-0.4, -0.2) is 18.3 Å². The van der Waals surface area contributed by atoms with Gasteiger partial charge in [-0.1, -0.05) is 0 Å². The molecule has 1 aliphatic rings. The molecule has 2 N–H and O–H groups in total. The van der Waals surface area contributed by atoms with Gasteiger partial charge >= 0.3 is 7.12 Å². The van der Waals surface area contributed by atoms with Crippen LogP contribution in [0.25, 0.3) is 0 Å². The van der Waals surface area contributed by atoms with E-state index in [1.165, 1.54) is 0 Å². The summed E-state index contributed by atoms with van der Waals surface area (Å²) in [6, 6.07) is 2.01. The number of hydrogen-bond donors (Lipinski definition) is 1. The van der Waals surface area contributed by atoms with Crippen LogP contribution in [0.2, 0.25) is 0 Å². The molecule has 0 radical (unpaired) electrons. The second kappa shape index (κ2) is 3.84. The van der Waals surface area contributed by atoms with Crippen LogP contribution in [-0.2, 0) is 9.31 Å². The maximum Gasteiger partial charge on any atom is 0.480 e. The molecule has 1 saturated heterocycles. The summed E-state index contributed by atoms with van der Waals surface area (Å²) in [7, 11) is -0.361. The van der Waals surface area contributed by atoms with Gasteiger partial charge < -0.3 is 15.0 Å². The average molecular weight is 239 g/mol. The first-order chi connectivity index (χ1) is 7.33. The molecule has 0 aliphatic carbocycles. The van der Waals surface area contributed by atoms with E-state index in [2.05, 4.69) is 0 Å². The highest BCUT2D eigenvalue weighted by Gasteiger charge is 2.53. The van der Waals surface area contributed by atoms with Gasteiger partial charge in [-0.2, -0.15) is 11.3 Å². The third kappa shape index (κ3) is 1.93. The van der Waals surface area contributed by atoms with Crippen molar-refractivity contribution < 1.29 is 9.31 Å². The van der Waals surface area contributed by atoms with Gasteiger partial charge in [0.05, 0.1) is 17.1 Å². The Morgan fingerprint density at radius 2 is 1.81 bits per heavy atom. The average Bonchev–Trinajstić information content (AvgIpc) is 2.72. The fourth-order valence-corrected chi connectivity index (χ4v) is 2.36. The molecule has 0 unspecified atom stereocenters. The molecular weight excluding hydrogens is 221 g/mol. The highest BCUT2D eigenvalue weighted by molar-refractivity contribution is 7.08. The van der Waals surface area contributed by atoms with Gasteiger partial charge in [-0.25, -0.2) is 0 Å². The largest absolute Gasteiger partial charge is 0.480 e. The first-order valence-electron chi connectivity index (χ1n) is 5.47. The molecule has 0 saturated carbocycles. The van der Waals surface area contributed by atoms with Crippen LogP contribution in [0.4, 0.5) is 0 Å². The van der Waals surface area contributed by atoms with Gasteiger partial charge in [0.2, 0.25) is 0 Å². The number of hydrogen-bond acceptors (Lipinski definition) is 4. The third-order valence-corrected chi connectivity index (χ3v) is 4.19. The first kappa shape index (κ1) is 12.1. The van der Waals surface area contributed by atoms with Crippen molar-refractivity contribution in [3.63, 3.8) is 0 Å². The predicted octanol–water partition coefficient (Wildman–Crippen LogP) is 2.38. The van der Waals surface area contributed by atoms with Gasteiger partial charge in [-0.05, 0) is 50.1 Å². The van der Waals surface area contributed by atoms with Gasteiger partial charge in [0.1, 0.15) is 0 Å². The summed E-state index contributed by atoms with van der Waals surface area (Å²) in [5, 5.41) is 4.05. The fourth-order valence-electron chi connectivity index (χ4n) is 1.66. The Morgan fingerprint density at radius 1 is 1.25 bits per heavy atom. The lowest BCUT2D eigenvalue weighted by Crippen LogP contribution is -2.41. The Hall–Kier alpha value is -0.355. The molecule has 0 aromatic carbocycles. The summed E-state index contributed by atoms with van der Waals surface area (Å²) in [5.41, 5.74) is 6.59. The van der Waals surface area contributed by atoms with Crippen molar-refractivity contribution in [2.75, 3.05) is 0 Å². The minimum Gasteiger partial charge on any atom is -0.402 e. The Labute approximate surface area is 101 Å². The van der Waals surface area contributed by atoms with E-state index in [4.69, 9.17) is 15.0 Å². The van der Waals surface area contributed by atoms with Crippen LogP contribution in [0.5, 0.6) is 0 Å². The molecule has 2 heterocycles. The van der Waals surface area contributed by atoms with E-state index in [1.54, 1.807) is 11.3 Å². The number of rotatable bonds is 2. The molecule has 0 bridgehead atoms. The monoisotopic (exact) mass is 239 g/mol. The highest BCUT2D eigenvalue weighted by Crippen LogP contribution is 2.39. The van der Waals surface area contributed by atoms with Crippen molar-refractivity contribution in [2.24, 2.45) is 5.73 Å². The summed E-state index contributed by atoms with van der Waals surface area (Å²) in [6.07, 6.45) is 0. The second-order valence-corrected chi connectivity index (χ2v) is 5.99. The van der Waals surface area contributed by atoms with E-state index < -0.39 is 0 Å². The first-order valence-corrected chi connectivity index (χ1v) is 6.41. The van der Waals surface area contributed by atoms with Crippen LogP contribution in [0.15, 0.2) is 16.8 Å². The summed E-state index contributed by atoms with van der Waals surface area (Å²) in [5.74, 6) is -0.215. The van der Waals surface area contributed by atoms with Crippen LogP contribution in [0.3, 0.4) is 0 Å². The quantitative estimate of drug-likeness (QED) is 0.806. The second-order valence-electron chi connectivity index (χ2n) is 5.21. The molecule has 0 amide bonds. The van der Waals surface area contributed by atoms with Crippen LogP contribution in [0, 0.1) is 0 Å². The van der Waals surface area contributed by atoms with E-state index >= 15 is 0 Å². The topological polar surface area (TPSA) is 44.5 Å². The zero-order valence-electron chi connectivity index (χ0n) is 10.2. The molecule has 1 aromatic heterocycles. The fraction of sp³-hybridized carbons (Fsp3) is 0.636. The summed E-state index contributed by atoms with van der Waals surface area (Å²) < 4.78 is 11.8. The molecule has 1 fully saturated rings. The van der Waals surface area contributed by atoms with Crippen molar-refractivity contribution in [1.82, 2.24) is 0 Å². The Balaban J connectivity index is 2.15. The lowest BCUT2D eigenvalue weighted by atomic mass is 9.76. The zero-order chi connectivity index (χ0) is 12.0. The molecular formula is C11H18BNO2S. The van der Waals surface area contributed by atoms with Crippen molar-refractivity contribution in [1.29, 1.82) is 0 Å². The summed E-state index contributed by atoms with van der Waals surface area (Å²) >= 11 is 1.64. The van der Waals surface area contributed by atoms with Crippen molar-refractivity contribution >= 4 is 18.5 Å². The molecule has 1 aliphatic heterocycles. The van der Waals surface area contributed by atoms with E-state index in [9.17, 15) is 0 Å². The minimum absolute atomic E-state index is 0.215. The molecule has 1 atom stereocenters. The molecule has 3 nitrogen and oxygen atoms in total. The minimum atomic E-state index is -0.361. The van der Waals surface area contributed by atoms with Crippen molar-refractivity contribution in [3.8, 4) is 0 Å². The molecule has 16 heavy (non-hydrogen) atoms. The van der Waals surface area contributed by atoms with Gasteiger partial charge in [-0.3, -0.25) is 0 Å². The Kier molecular flexibility index (Phi) is 2.91. The summed E-state index contributed by atoms with van der Waals surface area (Å²) in [6.45, 7) is 8.14. The Morgan fingerprint density at radius 3 is 2.25 bits per heavy atom. The SMILES string of the molecule is CC1(C)OB([C@H](N)c2ccsc2)OC1(C)C. The Bertz CT molecular complexity index is 348. The predicted molar refractivity (Wildman–Crippen MR) is 67.3 cm³/mol. The van der Waals surface area contributed by atoms with Crippen LogP contribution >= 0.6 is 11.3 Å². The smallest absolute Gasteiger partial charge is 0.402 e.